The Labute approximate surface area is 124 Å². The topological polar surface area (TPSA) is 89.7 Å². The monoisotopic (exact) mass is 312 g/mol. The Morgan fingerprint density at radius 2 is 1.95 bits per heavy atom. The largest absolute Gasteiger partial charge is 0.462 e. The van der Waals surface area contributed by atoms with Crippen LogP contribution in [0.1, 0.15) is 24.2 Å². The van der Waals surface area contributed by atoms with Gasteiger partial charge in [-0.3, -0.25) is 0 Å². The number of sulfonamides is 1. The van der Waals surface area contributed by atoms with Crippen LogP contribution in [-0.2, 0) is 14.8 Å². The molecule has 0 aromatic heterocycles. The number of carbonyl (C=O) groups is 1. The highest BCUT2D eigenvalue weighted by atomic mass is 32.2. The smallest absolute Gasteiger partial charge is 0.338 e. The maximum atomic E-state index is 12.5. The molecule has 0 radical (unpaired) electrons. The zero-order valence-electron chi connectivity index (χ0n) is 12.2. The molecule has 2 unspecified atom stereocenters. The van der Waals surface area contributed by atoms with Crippen molar-refractivity contribution >= 4 is 16.0 Å². The highest BCUT2D eigenvalue weighted by molar-refractivity contribution is 7.89. The van der Waals surface area contributed by atoms with E-state index in [9.17, 15) is 13.2 Å². The predicted molar refractivity (Wildman–Crippen MR) is 78.3 cm³/mol. The van der Waals surface area contributed by atoms with E-state index in [0.29, 0.717) is 18.7 Å². The molecule has 0 spiro atoms. The van der Waals surface area contributed by atoms with Crippen LogP contribution in [0.15, 0.2) is 29.2 Å². The van der Waals surface area contributed by atoms with Gasteiger partial charge < -0.3 is 10.5 Å². The molecule has 1 aliphatic heterocycles. The Hall–Kier alpha value is -1.44. The fraction of sp³-hybridized carbons (Fsp3) is 0.500. The molecule has 2 N–H and O–H groups in total. The lowest BCUT2D eigenvalue weighted by atomic mass is 10.1. The number of benzene rings is 1. The lowest BCUT2D eigenvalue weighted by Gasteiger charge is -2.16. The van der Waals surface area contributed by atoms with Crippen molar-refractivity contribution in [2.24, 2.45) is 11.7 Å². The standard InChI is InChI=1S/C14H20N2O4S/c1-3-20-14(17)11-4-6-12(7-5-11)21(18,19)16-8-10(2)13(15)9-16/h4-7,10,13H,3,8-9,15H2,1-2H3. The van der Waals surface area contributed by atoms with Gasteiger partial charge in [-0.15, -0.1) is 0 Å². The predicted octanol–water partition coefficient (Wildman–Crippen LogP) is 0.831. The molecular weight excluding hydrogens is 292 g/mol. The number of esters is 1. The summed E-state index contributed by atoms with van der Waals surface area (Å²) in [6.07, 6.45) is 0. The quantitative estimate of drug-likeness (QED) is 0.832. The van der Waals surface area contributed by atoms with Gasteiger partial charge in [-0.25, -0.2) is 13.2 Å². The van der Waals surface area contributed by atoms with Gasteiger partial charge in [-0.05, 0) is 37.1 Å². The molecule has 1 fully saturated rings. The maximum absolute atomic E-state index is 12.5. The van der Waals surface area contributed by atoms with Crippen LogP contribution < -0.4 is 5.73 Å². The number of ether oxygens (including phenoxy) is 1. The molecule has 1 aromatic carbocycles. The Kier molecular flexibility index (Phi) is 4.65. The van der Waals surface area contributed by atoms with E-state index in [1.807, 2.05) is 6.92 Å². The summed E-state index contributed by atoms with van der Waals surface area (Å²) in [5, 5.41) is 0. The molecule has 1 saturated heterocycles. The van der Waals surface area contributed by atoms with Gasteiger partial charge in [0, 0.05) is 19.1 Å². The fourth-order valence-electron chi connectivity index (χ4n) is 2.27. The van der Waals surface area contributed by atoms with E-state index in [-0.39, 0.29) is 23.5 Å². The summed E-state index contributed by atoms with van der Waals surface area (Å²) < 4.78 is 31.2. The first-order valence-corrected chi connectivity index (χ1v) is 8.33. The molecule has 0 amide bonds. The summed E-state index contributed by atoms with van der Waals surface area (Å²) in [7, 11) is -3.56. The molecule has 1 heterocycles. The van der Waals surface area contributed by atoms with E-state index in [1.165, 1.54) is 28.6 Å². The number of carbonyl (C=O) groups excluding carboxylic acids is 1. The van der Waals surface area contributed by atoms with Crippen LogP contribution >= 0.6 is 0 Å². The molecule has 2 rings (SSSR count). The summed E-state index contributed by atoms with van der Waals surface area (Å²) in [5.41, 5.74) is 6.21. The second-order valence-electron chi connectivity index (χ2n) is 5.21. The van der Waals surface area contributed by atoms with Gasteiger partial charge >= 0.3 is 5.97 Å². The normalized spacial score (nSPS) is 23.2. The highest BCUT2D eigenvalue weighted by Crippen LogP contribution is 2.23. The highest BCUT2D eigenvalue weighted by Gasteiger charge is 2.35. The summed E-state index contributed by atoms with van der Waals surface area (Å²) in [6.45, 7) is 4.67. The van der Waals surface area contributed by atoms with Gasteiger partial charge in [0.05, 0.1) is 17.1 Å². The molecule has 6 nitrogen and oxygen atoms in total. The minimum Gasteiger partial charge on any atom is -0.462 e. The van der Waals surface area contributed by atoms with Crippen LogP contribution in [-0.4, -0.2) is 44.4 Å². The van der Waals surface area contributed by atoms with Crippen LogP contribution in [0.3, 0.4) is 0 Å². The zero-order valence-corrected chi connectivity index (χ0v) is 13.0. The Bertz CT molecular complexity index is 602. The molecule has 7 heteroatoms. The maximum Gasteiger partial charge on any atom is 0.338 e. The van der Waals surface area contributed by atoms with E-state index in [2.05, 4.69) is 0 Å². The van der Waals surface area contributed by atoms with E-state index in [4.69, 9.17) is 10.5 Å². The lowest BCUT2D eigenvalue weighted by Crippen LogP contribution is -2.32. The average molecular weight is 312 g/mol. The van der Waals surface area contributed by atoms with Crippen molar-refractivity contribution in [1.29, 1.82) is 0 Å². The van der Waals surface area contributed by atoms with E-state index in [1.54, 1.807) is 6.92 Å². The fourth-order valence-corrected chi connectivity index (χ4v) is 3.85. The first-order valence-electron chi connectivity index (χ1n) is 6.89. The molecular formula is C14H20N2O4S. The Balaban J connectivity index is 2.20. The van der Waals surface area contributed by atoms with Crippen LogP contribution in [0.4, 0.5) is 0 Å². The van der Waals surface area contributed by atoms with Crippen molar-refractivity contribution in [3.8, 4) is 0 Å². The van der Waals surface area contributed by atoms with Crippen LogP contribution in [0.25, 0.3) is 0 Å². The summed E-state index contributed by atoms with van der Waals surface area (Å²) >= 11 is 0. The molecule has 0 aliphatic carbocycles. The summed E-state index contributed by atoms with van der Waals surface area (Å²) in [5.74, 6) is -0.322. The number of hydrogen-bond acceptors (Lipinski definition) is 5. The number of nitrogens with two attached hydrogens (primary N) is 1. The molecule has 1 aliphatic rings. The third-order valence-corrected chi connectivity index (χ3v) is 5.49. The van der Waals surface area contributed by atoms with Crippen LogP contribution in [0.2, 0.25) is 0 Å². The van der Waals surface area contributed by atoms with Crippen LogP contribution in [0, 0.1) is 5.92 Å². The van der Waals surface area contributed by atoms with Crippen molar-refractivity contribution in [3.63, 3.8) is 0 Å². The minimum atomic E-state index is -3.56. The molecule has 2 atom stereocenters. The molecule has 116 valence electrons. The number of hydrogen-bond donors (Lipinski definition) is 1. The molecule has 0 bridgehead atoms. The second-order valence-corrected chi connectivity index (χ2v) is 7.15. The first-order chi connectivity index (χ1) is 9.86. The molecule has 21 heavy (non-hydrogen) atoms. The molecule has 1 aromatic rings. The van der Waals surface area contributed by atoms with Crippen LogP contribution in [0.5, 0.6) is 0 Å². The minimum absolute atomic E-state index is 0.138. The third kappa shape index (κ3) is 3.25. The summed E-state index contributed by atoms with van der Waals surface area (Å²) in [6, 6.07) is 5.64. The average Bonchev–Trinajstić information content (AvgIpc) is 2.80. The zero-order chi connectivity index (χ0) is 15.6. The first kappa shape index (κ1) is 15.9. The Morgan fingerprint density at radius 1 is 1.33 bits per heavy atom. The van der Waals surface area contributed by atoms with Gasteiger partial charge in [0.1, 0.15) is 0 Å². The lowest BCUT2D eigenvalue weighted by molar-refractivity contribution is 0.0526. The van der Waals surface area contributed by atoms with Crippen molar-refractivity contribution in [1.82, 2.24) is 4.31 Å². The van der Waals surface area contributed by atoms with Gasteiger partial charge in [-0.1, -0.05) is 6.92 Å². The SMILES string of the molecule is CCOC(=O)c1ccc(S(=O)(=O)N2CC(C)C(N)C2)cc1. The van der Waals surface area contributed by atoms with Gasteiger partial charge in [0.2, 0.25) is 10.0 Å². The third-order valence-electron chi connectivity index (χ3n) is 3.64. The van der Waals surface area contributed by atoms with E-state index < -0.39 is 16.0 Å². The van der Waals surface area contributed by atoms with Crippen molar-refractivity contribution in [2.45, 2.75) is 24.8 Å². The van der Waals surface area contributed by atoms with Crippen molar-refractivity contribution in [3.05, 3.63) is 29.8 Å². The van der Waals surface area contributed by atoms with Crippen molar-refractivity contribution in [2.75, 3.05) is 19.7 Å². The van der Waals surface area contributed by atoms with E-state index >= 15 is 0 Å². The molecule has 0 saturated carbocycles. The van der Waals surface area contributed by atoms with Gasteiger partial charge in [-0.2, -0.15) is 4.31 Å². The number of rotatable bonds is 4. The second kappa shape index (κ2) is 6.13. The Morgan fingerprint density at radius 3 is 2.43 bits per heavy atom. The van der Waals surface area contributed by atoms with Gasteiger partial charge in [0.25, 0.3) is 0 Å². The number of nitrogens with zero attached hydrogens (tertiary/aromatic N) is 1. The summed E-state index contributed by atoms with van der Waals surface area (Å²) in [4.78, 5) is 11.7. The van der Waals surface area contributed by atoms with Crippen molar-refractivity contribution < 1.29 is 17.9 Å². The van der Waals surface area contributed by atoms with Gasteiger partial charge in [0.15, 0.2) is 0 Å². The van der Waals surface area contributed by atoms with E-state index in [0.717, 1.165) is 0 Å².